The largest absolute Gasteiger partial charge is 0.455 e. The molecule has 0 saturated heterocycles. The van der Waals surface area contributed by atoms with E-state index in [9.17, 15) is 36.3 Å². The van der Waals surface area contributed by atoms with E-state index in [1.54, 1.807) is 48.5 Å². The average molecular weight is 499 g/mol. The summed E-state index contributed by atoms with van der Waals surface area (Å²) in [4.78, 5) is 39.3. The van der Waals surface area contributed by atoms with Gasteiger partial charge in [0.25, 0.3) is 5.91 Å². The second-order valence-electron chi connectivity index (χ2n) is 7.74. The van der Waals surface area contributed by atoms with Gasteiger partial charge in [0.15, 0.2) is 0 Å². The van der Waals surface area contributed by atoms with Crippen LogP contribution in [0.25, 0.3) is 11.1 Å². The van der Waals surface area contributed by atoms with Gasteiger partial charge in [0.05, 0.1) is 18.8 Å². The highest BCUT2D eigenvalue weighted by atomic mass is 19.4. The number of amides is 3. The standard InChI is InChI=1S/C23H22F5N3O4/c1-35-11-10-31-17-9-5-4-7-15(17)14-6-2-3-8-16(14)20(21(31)34)30-19(33)12-18(32)29-13-22(24,25)23(26,27)28/h2-9,20H,10-13H2,1H3,(H,29,32)(H,30,33)/t20-/m0/s1. The van der Waals surface area contributed by atoms with E-state index in [1.165, 1.54) is 17.3 Å². The predicted molar refractivity (Wildman–Crippen MR) is 116 cm³/mol. The van der Waals surface area contributed by atoms with Crippen molar-refractivity contribution in [2.75, 3.05) is 31.7 Å². The fourth-order valence-corrected chi connectivity index (χ4v) is 3.62. The minimum atomic E-state index is -5.85. The number of alkyl halides is 5. The molecule has 0 saturated carbocycles. The molecular weight excluding hydrogens is 477 g/mol. The van der Waals surface area contributed by atoms with Crippen molar-refractivity contribution in [3.8, 4) is 11.1 Å². The van der Waals surface area contributed by atoms with Gasteiger partial charge in [-0.25, -0.2) is 0 Å². The molecule has 7 nitrogen and oxygen atoms in total. The average Bonchev–Trinajstić information content (AvgIpc) is 2.89. The number of hydrogen-bond acceptors (Lipinski definition) is 4. The highest BCUT2D eigenvalue weighted by molar-refractivity contribution is 6.07. The van der Waals surface area contributed by atoms with Crippen molar-refractivity contribution in [3.05, 3.63) is 54.1 Å². The topological polar surface area (TPSA) is 87.7 Å². The molecule has 3 rings (SSSR count). The summed E-state index contributed by atoms with van der Waals surface area (Å²) in [6.45, 7) is -1.67. The maximum atomic E-state index is 13.5. The molecule has 12 heteroatoms. The van der Waals surface area contributed by atoms with Gasteiger partial charge < -0.3 is 20.3 Å². The summed E-state index contributed by atoms with van der Waals surface area (Å²) in [6.07, 6.45) is -6.90. The van der Waals surface area contributed by atoms with Gasteiger partial charge in [0, 0.05) is 19.2 Å². The van der Waals surface area contributed by atoms with Crippen LogP contribution in [0.1, 0.15) is 18.0 Å². The summed E-state index contributed by atoms with van der Waals surface area (Å²) >= 11 is 0. The third kappa shape index (κ3) is 5.76. The Kier molecular flexibility index (Phi) is 7.73. The van der Waals surface area contributed by atoms with Crippen molar-refractivity contribution in [2.24, 2.45) is 0 Å². The Morgan fingerprint density at radius 2 is 1.60 bits per heavy atom. The fourth-order valence-electron chi connectivity index (χ4n) is 3.62. The van der Waals surface area contributed by atoms with Crippen LogP contribution in [-0.2, 0) is 19.1 Å². The van der Waals surface area contributed by atoms with Crippen LogP contribution >= 0.6 is 0 Å². The van der Waals surface area contributed by atoms with Crippen LogP contribution in [0, 0.1) is 0 Å². The molecule has 3 amide bonds. The molecule has 0 fully saturated rings. The number of methoxy groups -OCH3 is 1. The van der Waals surface area contributed by atoms with Gasteiger partial charge in [0.2, 0.25) is 11.8 Å². The molecule has 1 aliphatic rings. The third-order valence-corrected chi connectivity index (χ3v) is 5.34. The van der Waals surface area contributed by atoms with Crippen LogP contribution in [0.5, 0.6) is 0 Å². The van der Waals surface area contributed by atoms with Crippen LogP contribution in [0.3, 0.4) is 0 Å². The van der Waals surface area contributed by atoms with Gasteiger partial charge in [0.1, 0.15) is 12.5 Å². The minimum absolute atomic E-state index is 0.152. The Morgan fingerprint density at radius 3 is 2.26 bits per heavy atom. The van der Waals surface area contributed by atoms with Crippen molar-refractivity contribution in [3.63, 3.8) is 0 Å². The lowest BCUT2D eigenvalue weighted by Crippen LogP contribution is -2.48. The van der Waals surface area contributed by atoms with Crippen molar-refractivity contribution in [1.82, 2.24) is 10.6 Å². The molecule has 1 atom stereocenters. The van der Waals surface area contributed by atoms with E-state index in [1.807, 2.05) is 0 Å². The Hall–Kier alpha value is -3.54. The van der Waals surface area contributed by atoms with E-state index in [4.69, 9.17) is 4.74 Å². The number of nitrogens with one attached hydrogen (secondary N) is 2. The Balaban J connectivity index is 1.82. The number of hydrogen-bond donors (Lipinski definition) is 2. The number of fused-ring (bicyclic) bond motifs is 3. The molecule has 1 heterocycles. The van der Waals surface area contributed by atoms with E-state index in [0.717, 1.165) is 5.56 Å². The lowest BCUT2D eigenvalue weighted by atomic mass is 9.95. The Bertz CT molecular complexity index is 1110. The first-order valence-electron chi connectivity index (χ1n) is 10.5. The lowest BCUT2D eigenvalue weighted by Gasteiger charge is -2.26. The van der Waals surface area contributed by atoms with Crippen LogP contribution < -0.4 is 15.5 Å². The summed E-state index contributed by atoms with van der Waals surface area (Å²) in [5.74, 6) is -8.05. The number of carbonyl (C=O) groups is 3. The zero-order valence-corrected chi connectivity index (χ0v) is 18.5. The molecule has 188 valence electrons. The highest BCUT2D eigenvalue weighted by Gasteiger charge is 2.57. The lowest BCUT2D eigenvalue weighted by molar-refractivity contribution is -0.278. The van der Waals surface area contributed by atoms with Gasteiger partial charge in [-0.15, -0.1) is 0 Å². The number of para-hydroxylation sites is 1. The summed E-state index contributed by atoms with van der Waals surface area (Å²) in [6, 6.07) is 12.6. The quantitative estimate of drug-likeness (QED) is 0.432. The number of nitrogens with zero attached hydrogens (tertiary/aromatic N) is 1. The number of halogens is 5. The predicted octanol–water partition coefficient (Wildman–Crippen LogP) is 3.21. The molecule has 0 radical (unpaired) electrons. The monoisotopic (exact) mass is 499 g/mol. The van der Waals surface area contributed by atoms with Crippen molar-refractivity contribution >= 4 is 23.4 Å². The highest BCUT2D eigenvalue weighted by Crippen LogP contribution is 2.40. The minimum Gasteiger partial charge on any atom is -0.383 e. The number of ether oxygens (including phenoxy) is 1. The van der Waals surface area contributed by atoms with E-state index in [2.05, 4.69) is 5.32 Å². The van der Waals surface area contributed by atoms with Gasteiger partial charge in [-0.3, -0.25) is 14.4 Å². The summed E-state index contributed by atoms with van der Waals surface area (Å²) < 4.78 is 68.0. The van der Waals surface area contributed by atoms with Gasteiger partial charge in [-0.05, 0) is 17.2 Å². The summed E-state index contributed by atoms with van der Waals surface area (Å²) in [7, 11) is 1.46. The van der Waals surface area contributed by atoms with Gasteiger partial charge in [-0.1, -0.05) is 42.5 Å². The maximum absolute atomic E-state index is 13.5. The number of rotatable bonds is 8. The molecule has 0 bridgehead atoms. The Morgan fingerprint density at radius 1 is 0.971 bits per heavy atom. The number of benzene rings is 2. The second kappa shape index (κ2) is 10.4. The normalized spacial score (nSPS) is 15.7. The summed E-state index contributed by atoms with van der Waals surface area (Å²) in [5.41, 5.74) is 2.38. The molecule has 35 heavy (non-hydrogen) atoms. The van der Waals surface area contributed by atoms with Crippen LogP contribution in [-0.4, -0.2) is 56.6 Å². The first-order chi connectivity index (χ1) is 16.5. The molecule has 0 aliphatic carbocycles. The number of anilines is 1. The summed E-state index contributed by atoms with van der Waals surface area (Å²) in [5, 5.41) is 3.83. The van der Waals surface area contributed by atoms with Gasteiger partial charge >= 0.3 is 12.1 Å². The molecule has 2 aromatic rings. The van der Waals surface area contributed by atoms with E-state index < -0.39 is 48.8 Å². The maximum Gasteiger partial charge on any atom is 0.455 e. The SMILES string of the molecule is COCCN1C(=O)[C@@H](NC(=O)CC(=O)NCC(F)(F)C(F)(F)F)c2ccccc2-c2ccccc21. The second-order valence-corrected chi connectivity index (χ2v) is 7.74. The number of carbonyl (C=O) groups excluding carboxylic acids is 3. The Labute approximate surface area is 197 Å². The molecule has 2 N–H and O–H groups in total. The zero-order chi connectivity index (χ0) is 25.8. The molecule has 0 aromatic heterocycles. The van der Waals surface area contributed by atoms with Crippen LogP contribution in [0.2, 0.25) is 0 Å². The molecular formula is C23H22F5N3O4. The van der Waals surface area contributed by atoms with Crippen LogP contribution in [0.15, 0.2) is 48.5 Å². The van der Waals surface area contributed by atoms with Crippen molar-refractivity contribution < 1.29 is 41.1 Å². The van der Waals surface area contributed by atoms with Crippen molar-refractivity contribution in [2.45, 2.75) is 24.6 Å². The van der Waals surface area contributed by atoms with E-state index in [0.29, 0.717) is 16.8 Å². The molecule has 2 aromatic carbocycles. The van der Waals surface area contributed by atoms with Crippen LogP contribution in [0.4, 0.5) is 27.6 Å². The smallest absolute Gasteiger partial charge is 0.383 e. The molecule has 1 aliphatic heterocycles. The fraction of sp³-hybridized carbons (Fsp3) is 0.348. The van der Waals surface area contributed by atoms with Crippen molar-refractivity contribution in [1.29, 1.82) is 0 Å². The zero-order valence-electron chi connectivity index (χ0n) is 18.5. The van der Waals surface area contributed by atoms with E-state index >= 15 is 0 Å². The first kappa shape index (κ1) is 26.1. The first-order valence-corrected chi connectivity index (χ1v) is 10.5. The van der Waals surface area contributed by atoms with E-state index in [-0.39, 0.29) is 13.2 Å². The third-order valence-electron chi connectivity index (χ3n) is 5.34. The molecule has 0 spiro atoms. The molecule has 0 unspecified atom stereocenters. The van der Waals surface area contributed by atoms with Gasteiger partial charge in [-0.2, -0.15) is 22.0 Å².